The molecule has 0 spiro atoms. The molecule has 1 heterocycles. The molecule has 1 aliphatic heterocycles. The number of carbonyl (C=O) groups excluding carboxylic acids is 1. The largest absolute Gasteiger partial charge is 0.367 e. The summed E-state index contributed by atoms with van der Waals surface area (Å²) >= 11 is 0. The number of amides is 1. The summed E-state index contributed by atoms with van der Waals surface area (Å²) in [5.74, 6) is 6.02. The van der Waals surface area contributed by atoms with Gasteiger partial charge in [-0.2, -0.15) is 0 Å². The Morgan fingerprint density at radius 1 is 1.48 bits per heavy atom. The number of carbonyl (C=O) groups is 1. The SMILES string of the molecule is CCN(CC1=NC(C2=CC=CCC2)C(C)N1)C(=O)C(N)CC1=CCC(ON)C=C1. The highest BCUT2D eigenvalue weighted by Crippen LogP contribution is 2.24. The number of hydrogen-bond donors (Lipinski definition) is 3. The zero-order chi connectivity index (χ0) is 20.8. The van der Waals surface area contributed by atoms with Crippen molar-refractivity contribution in [1.29, 1.82) is 0 Å². The zero-order valence-corrected chi connectivity index (χ0v) is 17.4. The second-order valence-electron chi connectivity index (χ2n) is 7.87. The van der Waals surface area contributed by atoms with E-state index in [9.17, 15) is 4.79 Å². The van der Waals surface area contributed by atoms with Crippen LogP contribution in [0.25, 0.3) is 0 Å². The summed E-state index contributed by atoms with van der Waals surface area (Å²) in [5.41, 5.74) is 8.63. The maximum Gasteiger partial charge on any atom is 0.240 e. The van der Waals surface area contributed by atoms with Crippen molar-refractivity contribution in [1.82, 2.24) is 10.2 Å². The van der Waals surface area contributed by atoms with Crippen LogP contribution in [0.2, 0.25) is 0 Å². The van der Waals surface area contributed by atoms with Crippen LogP contribution in [0.4, 0.5) is 0 Å². The number of rotatable bonds is 8. The Balaban J connectivity index is 1.58. The molecule has 29 heavy (non-hydrogen) atoms. The molecule has 0 fully saturated rings. The maximum absolute atomic E-state index is 12.9. The first kappa shape index (κ1) is 21.5. The minimum atomic E-state index is -0.581. The maximum atomic E-state index is 12.9. The summed E-state index contributed by atoms with van der Waals surface area (Å²) in [4.78, 5) is 24.4. The van der Waals surface area contributed by atoms with Crippen LogP contribution in [0.5, 0.6) is 0 Å². The van der Waals surface area contributed by atoms with Crippen LogP contribution in [0.3, 0.4) is 0 Å². The van der Waals surface area contributed by atoms with Crippen LogP contribution in [-0.2, 0) is 9.63 Å². The minimum Gasteiger partial charge on any atom is -0.367 e. The van der Waals surface area contributed by atoms with Gasteiger partial charge in [-0.25, -0.2) is 5.90 Å². The predicted octanol–water partition coefficient (Wildman–Crippen LogP) is 1.73. The molecule has 7 nitrogen and oxygen atoms in total. The van der Waals surface area contributed by atoms with Crippen molar-refractivity contribution in [2.45, 2.75) is 63.8 Å². The number of nitrogens with two attached hydrogens (primary N) is 2. The normalized spacial score (nSPS) is 27.0. The summed E-state index contributed by atoms with van der Waals surface area (Å²) < 4.78 is 0. The summed E-state index contributed by atoms with van der Waals surface area (Å²) in [5, 5.41) is 3.45. The number of amidine groups is 1. The van der Waals surface area contributed by atoms with Crippen LogP contribution in [0.15, 0.2) is 52.6 Å². The van der Waals surface area contributed by atoms with Gasteiger partial charge < -0.3 is 16.0 Å². The number of likely N-dealkylation sites (N-methyl/N-ethyl adjacent to an activating group) is 1. The third-order valence-electron chi connectivity index (χ3n) is 5.71. The van der Waals surface area contributed by atoms with Gasteiger partial charge in [0.05, 0.1) is 24.7 Å². The van der Waals surface area contributed by atoms with Gasteiger partial charge in [-0.15, -0.1) is 0 Å². The van der Waals surface area contributed by atoms with Crippen LogP contribution < -0.4 is 16.9 Å². The average molecular weight is 400 g/mol. The molecular weight excluding hydrogens is 366 g/mol. The van der Waals surface area contributed by atoms with E-state index in [0.717, 1.165) is 24.3 Å². The molecule has 3 aliphatic rings. The van der Waals surface area contributed by atoms with E-state index in [-0.39, 0.29) is 24.1 Å². The van der Waals surface area contributed by atoms with Crippen LogP contribution >= 0.6 is 0 Å². The van der Waals surface area contributed by atoms with Crippen molar-refractivity contribution in [2.24, 2.45) is 16.6 Å². The van der Waals surface area contributed by atoms with Gasteiger partial charge in [0, 0.05) is 6.54 Å². The second kappa shape index (κ2) is 10.0. The molecular formula is C22H33N5O2. The highest BCUT2D eigenvalue weighted by Gasteiger charge is 2.30. The predicted molar refractivity (Wildman–Crippen MR) is 116 cm³/mol. The fourth-order valence-electron chi connectivity index (χ4n) is 4.02. The zero-order valence-electron chi connectivity index (χ0n) is 17.4. The summed E-state index contributed by atoms with van der Waals surface area (Å²) in [6.45, 7) is 5.17. The van der Waals surface area contributed by atoms with Gasteiger partial charge in [0.1, 0.15) is 11.9 Å². The quantitative estimate of drug-likeness (QED) is 0.539. The monoisotopic (exact) mass is 399 g/mol. The van der Waals surface area contributed by atoms with Gasteiger partial charge in [-0.05, 0) is 45.1 Å². The van der Waals surface area contributed by atoms with Crippen LogP contribution in [-0.4, -0.2) is 54.0 Å². The molecule has 3 rings (SSSR count). The Kier molecular flexibility index (Phi) is 7.41. The van der Waals surface area contributed by atoms with E-state index in [0.29, 0.717) is 25.9 Å². The van der Waals surface area contributed by atoms with Crippen molar-refractivity contribution >= 4 is 11.7 Å². The number of aliphatic imine (C=N–C) groups is 1. The third kappa shape index (κ3) is 5.44. The Morgan fingerprint density at radius 3 is 2.93 bits per heavy atom. The summed E-state index contributed by atoms with van der Waals surface area (Å²) in [6.07, 6.45) is 15.5. The Morgan fingerprint density at radius 2 is 2.31 bits per heavy atom. The standard InChI is InChI=1S/C22H33N5O2/c1-3-27(22(28)19(23)13-16-9-11-18(29-24)12-10-16)14-20-25-15(2)21(26-20)17-7-5-4-6-8-17/h4-5,7,9-11,15,18-19,21H,3,6,8,12-14,23-24H2,1-2H3,(H,25,26). The highest BCUT2D eigenvalue weighted by molar-refractivity contribution is 5.91. The lowest BCUT2D eigenvalue weighted by atomic mass is 9.95. The van der Waals surface area contributed by atoms with E-state index in [1.165, 1.54) is 5.57 Å². The van der Waals surface area contributed by atoms with Crippen molar-refractivity contribution in [3.05, 3.63) is 47.6 Å². The van der Waals surface area contributed by atoms with Crippen molar-refractivity contribution < 1.29 is 9.63 Å². The molecule has 0 aromatic rings. The second-order valence-corrected chi connectivity index (χ2v) is 7.87. The topological polar surface area (TPSA) is 106 Å². The number of hydrogen-bond acceptors (Lipinski definition) is 6. The molecule has 0 saturated carbocycles. The first-order chi connectivity index (χ1) is 14.0. The lowest BCUT2D eigenvalue weighted by molar-refractivity contribution is -0.131. The molecule has 0 saturated heterocycles. The minimum absolute atomic E-state index is 0.0561. The first-order valence-corrected chi connectivity index (χ1v) is 10.5. The molecule has 4 unspecified atom stereocenters. The fourth-order valence-corrected chi connectivity index (χ4v) is 4.02. The molecule has 4 atom stereocenters. The molecule has 7 heteroatoms. The fraction of sp³-hybridized carbons (Fsp3) is 0.545. The molecule has 0 bridgehead atoms. The van der Waals surface area contributed by atoms with E-state index >= 15 is 0 Å². The molecule has 0 aromatic carbocycles. The van der Waals surface area contributed by atoms with Gasteiger partial charge >= 0.3 is 0 Å². The first-order valence-electron chi connectivity index (χ1n) is 10.5. The van der Waals surface area contributed by atoms with E-state index in [1.54, 1.807) is 4.90 Å². The summed E-state index contributed by atoms with van der Waals surface area (Å²) in [6, 6.07) is -0.198. The lowest BCUT2D eigenvalue weighted by Gasteiger charge is -2.25. The van der Waals surface area contributed by atoms with Crippen molar-refractivity contribution in [3.8, 4) is 0 Å². The van der Waals surface area contributed by atoms with Crippen molar-refractivity contribution in [3.63, 3.8) is 0 Å². The molecule has 5 N–H and O–H groups in total. The lowest BCUT2D eigenvalue weighted by Crippen LogP contribution is -2.48. The van der Waals surface area contributed by atoms with Gasteiger partial charge in [0.15, 0.2) is 0 Å². The van der Waals surface area contributed by atoms with Gasteiger partial charge in [0.2, 0.25) is 5.91 Å². The van der Waals surface area contributed by atoms with E-state index in [2.05, 4.69) is 30.5 Å². The van der Waals surface area contributed by atoms with Gasteiger partial charge in [-0.3, -0.25) is 14.6 Å². The number of allylic oxidation sites excluding steroid dienone is 4. The Hall–Kier alpha value is -2.22. The number of nitrogens with one attached hydrogen (secondary N) is 1. The molecule has 158 valence electrons. The van der Waals surface area contributed by atoms with Gasteiger partial charge in [0.25, 0.3) is 0 Å². The average Bonchev–Trinajstić information content (AvgIpc) is 3.12. The molecule has 2 aliphatic carbocycles. The number of nitrogens with zero attached hydrogens (tertiary/aromatic N) is 2. The highest BCUT2D eigenvalue weighted by atomic mass is 16.6. The van der Waals surface area contributed by atoms with E-state index in [1.807, 2.05) is 25.2 Å². The smallest absolute Gasteiger partial charge is 0.240 e. The summed E-state index contributed by atoms with van der Waals surface area (Å²) in [7, 11) is 0. The Labute approximate surface area is 173 Å². The van der Waals surface area contributed by atoms with Crippen molar-refractivity contribution in [2.75, 3.05) is 13.1 Å². The van der Waals surface area contributed by atoms with E-state index in [4.69, 9.17) is 21.5 Å². The Bertz CT molecular complexity index is 752. The molecule has 1 amide bonds. The van der Waals surface area contributed by atoms with Crippen LogP contribution in [0, 0.1) is 0 Å². The van der Waals surface area contributed by atoms with Gasteiger partial charge in [-0.1, -0.05) is 42.0 Å². The molecule has 0 radical (unpaired) electrons. The molecule has 0 aromatic heterocycles. The van der Waals surface area contributed by atoms with E-state index < -0.39 is 6.04 Å². The third-order valence-corrected chi connectivity index (χ3v) is 5.71. The van der Waals surface area contributed by atoms with Crippen LogP contribution in [0.1, 0.15) is 39.5 Å².